The molecule has 1 saturated heterocycles. The average Bonchev–Trinajstić information content (AvgIpc) is 2.31. The molecule has 0 aromatic heterocycles. The lowest BCUT2D eigenvalue weighted by molar-refractivity contribution is -0.138. The van der Waals surface area contributed by atoms with E-state index in [0.717, 1.165) is 5.56 Å². The summed E-state index contributed by atoms with van der Waals surface area (Å²) in [6.45, 7) is 4.48. The fourth-order valence-corrected chi connectivity index (χ4v) is 2.23. The van der Waals surface area contributed by atoms with Gasteiger partial charge < -0.3 is 15.2 Å². The van der Waals surface area contributed by atoms with Gasteiger partial charge in [0.05, 0.1) is 12.2 Å². The van der Waals surface area contributed by atoms with E-state index in [9.17, 15) is 9.59 Å². The molecular weight excluding hydrogens is 234 g/mol. The Labute approximate surface area is 105 Å². The number of aryl methyl sites for hydroxylation is 1. The van der Waals surface area contributed by atoms with E-state index in [-0.39, 0.29) is 11.5 Å². The summed E-state index contributed by atoms with van der Waals surface area (Å²) >= 11 is 0. The zero-order chi connectivity index (χ0) is 13.3. The van der Waals surface area contributed by atoms with Crippen LogP contribution < -0.4 is 5.32 Å². The first kappa shape index (κ1) is 12.6. The highest BCUT2D eigenvalue weighted by atomic mass is 16.5. The van der Waals surface area contributed by atoms with Crippen LogP contribution in [0.3, 0.4) is 0 Å². The molecule has 2 rings (SSSR count). The van der Waals surface area contributed by atoms with E-state index >= 15 is 0 Å². The molecule has 1 amide bonds. The number of carbonyl (C=O) groups excluding carboxylic acids is 1. The summed E-state index contributed by atoms with van der Waals surface area (Å²) in [6, 6.07) is 3.26. The molecule has 2 N–H and O–H groups in total. The highest BCUT2D eigenvalue weighted by Gasteiger charge is 2.29. The summed E-state index contributed by atoms with van der Waals surface area (Å²) in [4.78, 5) is 22.9. The van der Waals surface area contributed by atoms with Crippen LogP contribution in [-0.4, -0.2) is 30.1 Å². The van der Waals surface area contributed by atoms with Gasteiger partial charge in [-0.15, -0.1) is 0 Å². The Balaban J connectivity index is 2.51. The van der Waals surface area contributed by atoms with Crippen molar-refractivity contribution in [2.45, 2.75) is 20.0 Å². The Hall–Kier alpha value is -1.88. The molecule has 0 saturated carbocycles. The summed E-state index contributed by atoms with van der Waals surface area (Å²) in [5.74, 6) is -1.21. The number of benzene rings is 1. The smallest absolute Gasteiger partial charge is 0.335 e. The Morgan fingerprint density at radius 3 is 2.78 bits per heavy atom. The average molecular weight is 249 g/mol. The van der Waals surface area contributed by atoms with E-state index in [4.69, 9.17) is 9.84 Å². The molecule has 0 aliphatic carbocycles. The molecule has 1 fully saturated rings. The van der Waals surface area contributed by atoms with Gasteiger partial charge in [-0.25, -0.2) is 4.79 Å². The Bertz CT molecular complexity index is 510. The van der Waals surface area contributed by atoms with Gasteiger partial charge in [-0.2, -0.15) is 0 Å². The van der Waals surface area contributed by atoms with Gasteiger partial charge in [-0.3, -0.25) is 4.79 Å². The van der Waals surface area contributed by atoms with Crippen LogP contribution in [0.25, 0.3) is 0 Å². The highest BCUT2D eigenvalue weighted by molar-refractivity contribution is 5.91. The first-order chi connectivity index (χ1) is 8.52. The number of carboxylic acid groups (broad SMARTS) is 1. The van der Waals surface area contributed by atoms with Gasteiger partial charge in [-0.05, 0) is 36.6 Å². The third-order valence-electron chi connectivity index (χ3n) is 3.15. The largest absolute Gasteiger partial charge is 0.478 e. The van der Waals surface area contributed by atoms with Gasteiger partial charge in [-0.1, -0.05) is 6.07 Å². The van der Waals surface area contributed by atoms with E-state index in [2.05, 4.69) is 5.32 Å². The lowest BCUT2D eigenvalue weighted by Crippen LogP contribution is -2.39. The van der Waals surface area contributed by atoms with E-state index in [1.54, 1.807) is 19.1 Å². The third-order valence-corrected chi connectivity index (χ3v) is 3.15. The first-order valence-electron chi connectivity index (χ1n) is 5.75. The minimum Gasteiger partial charge on any atom is -0.478 e. The summed E-state index contributed by atoms with van der Waals surface area (Å²) in [5.41, 5.74) is 2.31. The molecule has 1 heterocycles. The molecule has 0 spiro atoms. The second kappa shape index (κ2) is 4.78. The van der Waals surface area contributed by atoms with Crippen molar-refractivity contribution in [1.82, 2.24) is 5.32 Å². The quantitative estimate of drug-likeness (QED) is 0.825. The van der Waals surface area contributed by atoms with Crippen LogP contribution in [-0.2, 0) is 9.53 Å². The Morgan fingerprint density at radius 2 is 2.17 bits per heavy atom. The number of amides is 1. The van der Waals surface area contributed by atoms with Gasteiger partial charge in [0.15, 0.2) is 6.10 Å². The van der Waals surface area contributed by atoms with E-state index in [0.29, 0.717) is 24.3 Å². The van der Waals surface area contributed by atoms with Crippen molar-refractivity contribution in [1.29, 1.82) is 0 Å². The number of hydrogen-bond acceptors (Lipinski definition) is 3. The van der Waals surface area contributed by atoms with E-state index in [1.165, 1.54) is 0 Å². The van der Waals surface area contributed by atoms with Gasteiger partial charge in [0, 0.05) is 6.54 Å². The lowest BCUT2D eigenvalue weighted by atomic mass is 9.93. The molecule has 1 aliphatic rings. The van der Waals surface area contributed by atoms with Crippen LogP contribution in [0.4, 0.5) is 0 Å². The van der Waals surface area contributed by atoms with Crippen molar-refractivity contribution >= 4 is 11.9 Å². The topological polar surface area (TPSA) is 75.6 Å². The highest BCUT2D eigenvalue weighted by Crippen LogP contribution is 2.28. The summed E-state index contributed by atoms with van der Waals surface area (Å²) in [7, 11) is 0. The number of nitrogens with one attached hydrogen (secondary N) is 1. The maximum absolute atomic E-state index is 11.8. The van der Waals surface area contributed by atoms with Crippen molar-refractivity contribution in [2.75, 3.05) is 13.2 Å². The number of carboxylic acids is 1. The van der Waals surface area contributed by atoms with Gasteiger partial charge in [0.25, 0.3) is 5.91 Å². The van der Waals surface area contributed by atoms with Crippen molar-refractivity contribution in [3.8, 4) is 0 Å². The fraction of sp³-hybridized carbons (Fsp3) is 0.385. The normalized spacial score (nSPS) is 19.4. The van der Waals surface area contributed by atoms with Gasteiger partial charge in [0.2, 0.25) is 0 Å². The van der Waals surface area contributed by atoms with Gasteiger partial charge in [0.1, 0.15) is 0 Å². The SMILES string of the molecule is Cc1ccc(C(=O)O)c(C)c1C1OCCNC1=O. The van der Waals surface area contributed by atoms with Crippen LogP contribution in [0.1, 0.15) is 33.2 Å². The number of hydrogen-bond donors (Lipinski definition) is 2. The molecule has 18 heavy (non-hydrogen) atoms. The second-order valence-electron chi connectivity index (χ2n) is 4.32. The molecule has 0 radical (unpaired) electrons. The molecule has 1 unspecified atom stereocenters. The number of ether oxygens (including phenoxy) is 1. The monoisotopic (exact) mass is 249 g/mol. The zero-order valence-electron chi connectivity index (χ0n) is 10.3. The standard InChI is InChI=1S/C13H15NO4/c1-7-3-4-9(13(16)17)8(2)10(7)11-12(15)14-5-6-18-11/h3-4,11H,5-6H2,1-2H3,(H,14,15)(H,16,17). The first-order valence-corrected chi connectivity index (χ1v) is 5.75. The molecular formula is C13H15NO4. The minimum absolute atomic E-state index is 0.206. The maximum atomic E-state index is 11.8. The number of carbonyl (C=O) groups is 2. The van der Waals surface area contributed by atoms with Gasteiger partial charge >= 0.3 is 5.97 Å². The van der Waals surface area contributed by atoms with Crippen LogP contribution in [0.15, 0.2) is 12.1 Å². The number of rotatable bonds is 2. The lowest BCUT2D eigenvalue weighted by Gasteiger charge is -2.26. The van der Waals surface area contributed by atoms with Crippen LogP contribution in [0, 0.1) is 13.8 Å². The van der Waals surface area contributed by atoms with Crippen molar-refractivity contribution in [3.05, 3.63) is 34.4 Å². The number of morpholine rings is 1. The molecule has 5 nitrogen and oxygen atoms in total. The van der Waals surface area contributed by atoms with Crippen molar-refractivity contribution < 1.29 is 19.4 Å². The molecule has 1 aromatic rings. The molecule has 1 atom stereocenters. The fourth-order valence-electron chi connectivity index (χ4n) is 2.23. The predicted octanol–water partition coefficient (Wildman–Crippen LogP) is 1.19. The summed E-state index contributed by atoms with van der Waals surface area (Å²) in [5, 5.41) is 11.8. The number of aromatic carboxylic acids is 1. The van der Waals surface area contributed by atoms with Crippen molar-refractivity contribution in [3.63, 3.8) is 0 Å². The van der Waals surface area contributed by atoms with Crippen LogP contribution in [0.5, 0.6) is 0 Å². The van der Waals surface area contributed by atoms with Crippen molar-refractivity contribution in [2.24, 2.45) is 0 Å². The third kappa shape index (κ3) is 2.09. The molecule has 1 aromatic carbocycles. The van der Waals surface area contributed by atoms with Crippen LogP contribution >= 0.6 is 0 Å². The van der Waals surface area contributed by atoms with E-state index in [1.807, 2.05) is 6.92 Å². The molecule has 5 heteroatoms. The zero-order valence-corrected chi connectivity index (χ0v) is 10.3. The Kier molecular flexibility index (Phi) is 3.34. The molecule has 1 aliphatic heterocycles. The summed E-state index contributed by atoms with van der Waals surface area (Å²) < 4.78 is 5.47. The van der Waals surface area contributed by atoms with E-state index < -0.39 is 12.1 Å². The maximum Gasteiger partial charge on any atom is 0.335 e. The predicted molar refractivity (Wildman–Crippen MR) is 64.6 cm³/mol. The Morgan fingerprint density at radius 1 is 1.44 bits per heavy atom. The second-order valence-corrected chi connectivity index (χ2v) is 4.32. The minimum atomic E-state index is -0.995. The molecule has 0 bridgehead atoms. The summed E-state index contributed by atoms with van der Waals surface area (Å²) in [6.07, 6.45) is -0.710. The van der Waals surface area contributed by atoms with Crippen LogP contribution in [0.2, 0.25) is 0 Å². The molecule has 96 valence electrons.